The third-order valence-corrected chi connectivity index (χ3v) is 3.62. The molecule has 0 fully saturated rings. The summed E-state index contributed by atoms with van der Waals surface area (Å²) in [4.78, 5) is 0. The lowest BCUT2D eigenvalue weighted by atomic mass is 10.1. The molecule has 0 aliphatic heterocycles. The van der Waals surface area contributed by atoms with E-state index >= 15 is 0 Å². The Bertz CT molecular complexity index is 650. The van der Waals surface area contributed by atoms with Crippen molar-refractivity contribution in [3.8, 4) is 5.75 Å². The molecule has 0 aromatic heterocycles. The molecule has 0 saturated heterocycles. The van der Waals surface area contributed by atoms with Gasteiger partial charge in [0.15, 0.2) is 5.11 Å². The molecule has 3 nitrogen and oxygen atoms in total. The maximum atomic E-state index is 5.45. The monoisotopic (exact) mass is 326 g/mol. The van der Waals surface area contributed by atoms with E-state index in [0.29, 0.717) is 11.7 Å². The Morgan fingerprint density at radius 1 is 1.17 bits per heavy atom. The van der Waals surface area contributed by atoms with E-state index in [4.69, 9.17) is 17.0 Å². The molecule has 0 heterocycles. The van der Waals surface area contributed by atoms with E-state index < -0.39 is 0 Å². The summed E-state index contributed by atoms with van der Waals surface area (Å²) in [5.74, 6) is 0.808. The first-order chi connectivity index (χ1) is 11.1. The quantitative estimate of drug-likeness (QED) is 0.600. The predicted octanol–water partition coefficient (Wildman–Crippen LogP) is 4.61. The number of thiocarbonyl (C=S) groups is 1. The lowest BCUT2D eigenvalue weighted by molar-refractivity contribution is 0.363. The average Bonchev–Trinajstić information content (AvgIpc) is 2.54. The van der Waals surface area contributed by atoms with Crippen molar-refractivity contribution in [2.75, 3.05) is 11.9 Å². The van der Waals surface area contributed by atoms with Gasteiger partial charge in [-0.15, -0.1) is 0 Å². The van der Waals surface area contributed by atoms with Gasteiger partial charge in [-0.2, -0.15) is 0 Å². The van der Waals surface area contributed by atoms with E-state index in [1.165, 1.54) is 11.1 Å². The van der Waals surface area contributed by atoms with Gasteiger partial charge in [0.1, 0.15) is 12.4 Å². The number of benzene rings is 2. The van der Waals surface area contributed by atoms with Gasteiger partial charge in [-0.25, -0.2) is 0 Å². The van der Waals surface area contributed by atoms with Gasteiger partial charge in [0, 0.05) is 5.69 Å². The zero-order chi connectivity index (χ0) is 16.7. The molecule has 0 amide bonds. The number of rotatable bonds is 6. The predicted molar refractivity (Wildman–Crippen MR) is 101 cm³/mol. The topological polar surface area (TPSA) is 33.3 Å². The summed E-state index contributed by atoms with van der Waals surface area (Å²) in [5, 5.41) is 7.07. The summed E-state index contributed by atoms with van der Waals surface area (Å²) < 4.78 is 5.45. The Balaban J connectivity index is 1.88. The first-order valence-electron chi connectivity index (χ1n) is 7.56. The molecule has 1 atom stereocenters. The van der Waals surface area contributed by atoms with Crippen molar-refractivity contribution in [3.05, 3.63) is 72.3 Å². The van der Waals surface area contributed by atoms with E-state index in [9.17, 15) is 0 Å². The first-order valence-corrected chi connectivity index (χ1v) is 7.97. The molecule has 0 radical (unpaired) electrons. The first kappa shape index (κ1) is 17.0. The van der Waals surface area contributed by atoms with Crippen molar-refractivity contribution in [2.24, 2.45) is 0 Å². The average molecular weight is 326 g/mol. The van der Waals surface area contributed by atoms with Gasteiger partial charge in [-0.1, -0.05) is 42.5 Å². The number of ether oxygens (including phenoxy) is 1. The Labute approximate surface area is 143 Å². The number of hydrogen-bond donors (Lipinski definition) is 2. The summed E-state index contributed by atoms with van der Waals surface area (Å²) in [6, 6.07) is 16.2. The number of hydrogen-bond acceptors (Lipinski definition) is 2. The molecular weight excluding hydrogens is 304 g/mol. The third kappa shape index (κ3) is 5.42. The smallest absolute Gasteiger partial charge is 0.171 e. The van der Waals surface area contributed by atoms with Crippen LogP contribution in [0.5, 0.6) is 5.75 Å². The molecule has 2 aromatic carbocycles. The van der Waals surface area contributed by atoms with Crippen LogP contribution in [0.25, 0.3) is 0 Å². The van der Waals surface area contributed by atoms with Gasteiger partial charge >= 0.3 is 0 Å². The van der Waals surface area contributed by atoms with Crippen molar-refractivity contribution in [1.82, 2.24) is 5.32 Å². The Hall–Kier alpha value is -2.33. The van der Waals surface area contributed by atoms with Crippen molar-refractivity contribution < 1.29 is 4.74 Å². The van der Waals surface area contributed by atoms with Crippen molar-refractivity contribution in [2.45, 2.75) is 19.9 Å². The van der Waals surface area contributed by atoms with Crippen LogP contribution in [0.2, 0.25) is 0 Å². The fourth-order valence-corrected chi connectivity index (χ4v) is 2.39. The van der Waals surface area contributed by atoms with Gasteiger partial charge in [0.2, 0.25) is 0 Å². The molecule has 120 valence electrons. The van der Waals surface area contributed by atoms with Crippen molar-refractivity contribution in [3.63, 3.8) is 0 Å². The van der Waals surface area contributed by atoms with E-state index in [1.54, 1.807) is 6.08 Å². The summed E-state index contributed by atoms with van der Waals surface area (Å²) in [7, 11) is 0. The zero-order valence-corrected chi connectivity index (χ0v) is 14.3. The van der Waals surface area contributed by atoms with Gasteiger partial charge in [-0.05, 0) is 55.9 Å². The molecule has 0 spiro atoms. The summed E-state index contributed by atoms with van der Waals surface area (Å²) in [6.07, 6.45) is 1.72. The molecular formula is C19H22N2OS. The molecule has 2 rings (SSSR count). The minimum absolute atomic E-state index is 0.144. The maximum Gasteiger partial charge on any atom is 0.171 e. The van der Waals surface area contributed by atoms with Crippen LogP contribution in [0.1, 0.15) is 24.1 Å². The molecule has 23 heavy (non-hydrogen) atoms. The number of anilines is 1. The van der Waals surface area contributed by atoms with Crippen LogP contribution < -0.4 is 15.4 Å². The van der Waals surface area contributed by atoms with E-state index in [2.05, 4.69) is 55.3 Å². The molecule has 0 bridgehead atoms. The molecule has 0 saturated carbocycles. The van der Waals surface area contributed by atoms with Crippen LogP contribution >= 0.6 is 12.2 Å². The van der Waals surface area contributed by atoms with Crippen LogP contribution in [0.4, 0.5) is 5.69 Å². The standard InChI is InChI=1S/C19H22N2OS/c1-4-13-22-18-11-9-17(10-12-18)21-19(23)20-15(3)16-7-5-14(2)6-8-16/h4-12,15H,1,13H2,2-3H3,(H2,20,21,23). The van der Waals surface area contributed by atoms with Gasteiger partial charge in [0.25, 0.3) is 0 Å². The zero-order valence-electron chi connectivity index (χ0n) is 13.5. The molecule has 1 unspecified atom stereocenters. The van der Waals surface area contributed by atoms with Gasteiger partial charge in [-0.3, -0.25) is 0 Å². The highest BCUT2D eigenvalue weighted by Crippen LogP contribution is 2.17. The fraction of sp³-hybridized carbons (Fsp3) is 0.211. The number of nitrogens with one attached hydrogen (secondary N) is 2. The summed E-state index contributed by atoms with van der Waals surface area (Å²) in [5.41, 5.74) is 3.37. The Morgan fingerprint density at radius 3 is 2.43 bits per heavy atom. The number of aryl methyl sites for hydroxylation is 1. The van der Waals surface area contributed by atoms with Crippen LogP contribution in [0, 0.1) is 6.92 Å². The minimum Gasteiger partial charge on any atom is -0.490 e. The second kappa shape index (κ2) is 8.34. The Morgan fingerprint density at radius 2 is 1.83 bits per heavy atom. The van der Waals surface area contributed by atoms with Gasteiger partial charge in [0.05, 0.1) is 6.04 Å². The van der Waals surface area contributed by atoms with Crippen molar-refractivity contribution >= 4 is 23.0 Å². The van der Waals surface area contributed by atoms with E-state index in [1.807, 2.05) is 24.3 Å². The second-order valence-electron chi connectivity index (χ2n) is 5.35. The van der Waals surface area contributed by atoms with E-state index in [0.717, 1.165) is 11.4 Å². The van der Waals surface area contributed by atoms with Crippen LogP contribution in [0.15, 0.2) is 61.2 Å². The fourth-order valence-electron chi connectivity index (χ4n) is 2.09. The van der Waals surface area contributed by atoms with Crippen LogP contribution in [-0.2, 0) is 0 Å². The highest BCUT2D eigenvalue weighted by molar-refractivity contribution is 7.80. The highest BCUT2D eigenvalue weighted by Gasteiger charge is 2.07. The summed E-state index contributed by atoms with van der Waals surface area (Å²) in [6.45, 7) is 8.30. The van der Waals surface area contributed by atoms with Crippen molar-refractivity contribution in [1.29, 1.82) is 0 Å². The Kier molecular flexibility index (Phi) is 6.18. The van der Waals surface area contributed by atoms with Crippen LogP contribution in [-0.4, -0.2) is 11.7 Å². The summed E-state index contributed by atoms with van der Waals surface area (Å²) >= 11 is 5.37. The molecule has 0 aliphatic carbocycles. The molecule has 2 aromatic rings. The third-order valence-electron chi connectivity index (χ3n) is 3.40. The lowest BCUT2D eigenvalue weighted by Crippen LogP contribution is -2.30. The highest BCUT2D eigenvalue weighted by atomic mass is 32.1. The molecule has 0 aliphatic rings. The van der Waals surface area contributed by atoms with Gasteiger partial charge < -0.3 is 15.4 Å². The lowest BCUT2D eigenvalue weighted by Gasteiger charge is -2.17. The van der Waals surface area contributed by atoms with E-state index in [-0.39, 0.29) is 6.04 Å². The molecule has 4 heteroatoms. The molecule has 2 N–H and O–H groups in total. The van der Waals surface area contributed by atoms with Crippen LogP contribution in [0.3, 0.4) is 0 Å². The SMILES string of the molecule is C=CCOc1ccc(NC(=S)NC(C)c2ccc(C)cc2)cc1. The largest absolute Gasteiger partial charge is 0.490 e. The minimum atomic E-state index is 0.144. The second-order valence-corrected chi connectivity index (χ2v) is 5.76. The normalized spacial score (nSPS) is 11.4. The maximum absolute atomic E-state index is 5.45.